The van der Waals surface area contributed by atoms with Crippen molar-refractivity contribution in [1.82, 2.24) is 0 Å². The van der Waals surface area contributed by atoms with Crippen molar-refractivity contribution in [2.45, 2.75) is 70.1 Å². The van der Waals surface area contributed by atoms with Gasteiger partial charge in [0.15, 0.2) is 0 Å². The third-order valence-corrected chi connectivity index (χ3v) is 6.10. The lowest BCUT2D eigenvalue weighted by Gasteiger charge is -2.31. The molecule has 0 aliphatic carbocycles. The molecule has 180 valence electrons. The zero-order chi connectivity index (χ0) is 24.3. The van der Waals surface area contributed by atoms with Gasteiger partial charge >= 0.3 is 0 Å². The largest absolute Gasteiger partial charge is 0.369 e. The van der Waals surface area contributed by atoms with E-state index in [1.54, 1.807) is 0 Å². The Bertz CT molecular complexity index is 882. The second-order valence-corrected chi connectivity index (χ2v) is 8.63. The number of nitrogens with two attached hydrogens (primary N) is 1. The Balaban J connectivity index is 1.82. The number of primary amides is 1. The van der Waals surface area contributed by atoms with Crippen LogP contribution in [0.5, 0.6) is 0 Å². The lowest BCUT2D eigenvalue weighted by atomic mass is 9.70. The van der Waals surface area contributed by atoms with Crippen LogP contribution in [0.3, 0.4) is 0 Å². The number of rotatable bonds is 16. The monoisotopic (exact) mass is 455 g/mol. The van der Waals surface area contributed by atoms with Crippen LogP contribution in [0, 0.1) is 0 Å². The summed E-state index contributed by atoms with van der Waals surface area (Å²) in [5, 5.41) is 0. The molecule has 0 saturated carbocycles. The molecule has 0 atom stereocenters. The van der Waals surface area contributed by atoms with E-state index in [0.29, 0.717) is 6.42 Å². The third-order valence-electron chi connectivity index (χ3n) is 6.10. The normalized spacial score (nSPS) is 12.5. The molecule has 2 nitrogen and oxygen atoms in total. The molecule has 2 rings (SSSR count). The van der Waals surface area contributed by atoms with Crippen LogP contribution in [0.1, 0.15) is 75.8 Å². The van der Waals surface area contributed by atoms with Gasteiger partial charge in [-0.15, -0.1) is 0 Å². The van der Waals surface area contributed by atoms with Crippen LogP contribution in [0.2, 0.25) is 0 Å². The summed E-state index contributed by atoms with van der Waals surface area (Å²) in [6.45, 7) is 2.24. The molecular formula is C32H41NO. The molecule has 0 spiro atoms. The van der Waals surface area contributed by atoms with Crippen molar-refractivity contribution in [3.05, 3.63) is 120 Å². The quantitative estimate of drug-likeness (QED) is 0.201. The first kappa shape index (κ1) is 27.1. The summed E-state index contributed by atoms with van der Waals surface area (Å²) in [6, 6.07) is 19.8. The molecule has 0 heterocycles. The second kappa shape index (κ2) is 16.5. The van der Waals surface area contributed by atoms with Gasteiger partial charge in [0, 0.05) is 0 Å². The minimum atomic E-state index is -0.821. The Hall–Kier alpha value is -3.13. The predicted octanol–water partition coefficient (Wildman–Crippen LogP) is 8.21. The molecule has 2 aromatic rings. The summed E-state index contributed by atoms with van der Waals surface area (Å²) >= 11 is 0. The van der Waals surface area contributed by atoms with Crippen LogP contribution in [-0.2, 0) is 10.2 Å². The number of carbonyl (C=O) groups excluding carboxylic acids is 1. The molecular weight excluding hydrogens is 414 g/mol. The predicted molar refractivity (Wildman–Crippen MR) is 147 cm³/mol. The molecule has 1 amide bonds. The molecule has 0 saturated heterocycles. The lowest BCUT2D eigenvalue weighted by molar-refractivity contribution is -0.122. The van der Waals surface area contributed by atoms with Crippen LogP contribution in [0.4, 0.5) is 0 Å². The average Bonchev–Trinajstić information content (AvgIpc) is 2.87. The SMILES string of the molecule is CCCCC/C=C\C/C=C\C/C=C\C/C=C\CCC(C(N)=O)(c1ccccc1)c1ccccc1. The molecule has 2 heteroatoms. The first-order valence-electron chi connectivity index (χ1n) is 12.7. The molecule has 0 unspecified atom stereocenters. The molecule has 0 aliphatic rings. The number of allylic oxidation sites excluding steroid dienone is 8. The van der Waals surface area contributed by atoms with E-state index < -0.39 is 5.41 Å². The maximum atomic E-state index is 12.8. The van der Waals surface area contributed by atoms with Crippen molar-refractivity contribution in [1.29, 1.82) is 0 Å². The van der Waals surface area contributed by atoms with Gasteiger partial charge in [-0.2, -0.15) is 0 Å². The van der Waals surface area contributed by atoms with E-state index in [-0.39, 0.29) is 5.91 Å². The fraction of sp³-hybridized carbons (Fsp3) is 0.344. The van der Waals surface area contributed by atoms with Crippen molar-refractivity contribution >= 4 is 5.91 Å². The van der Waals surface area contributed by atoms with Crippen molar-refractivity contribution in [2.24, 2.45) is 5.73 Å². The minimum Gasteiger partial charge on any atom is -0.369 e. The molecule has 0 fully saturated rings. The summed E-state index contributed by atoms with van der Waals surface area (Å²) in [4.78, 5) is 12.8. The van der Waals surface area contributed by atoms with Crippen LogP contribution in [-0.4, -0.2) is 5.91 Å². The molecule has 0 aromatic heterocycles. The van der Waals surface area contributed by atoms with E-state index >= 15 is 0 Å². The van der Waals surface area contributed by atoms with Gasteiger partial charge < -0.3 is 5.73 Å². The molecule has 2 aromatic carbocycles. The Morgan fingerprint density at radius 1 is 0.676 bits per heavy atom. The van der Waals surface area contributed by atoms with Gasteiger partial charge in [-0.05, 0) is 56.1 Å². The molecule has 0 radical (unpaired) electrons. The zero-order valence-corrected chi connectivity index (χ0v) is 20.7. The van der Waals surface area contributed by atoms with Crippen molar-refractivity contribution in [2.75, 3.05) is 0 Å². The first-order valence-corrected chi connectivity index (χ1v) is 12.7. The Kier molecular flexibility index (Phi) is 13.1. The Morgan fingerprint density at radius 2 is 1.12 bits per heavy atom. The molecule has 0 bridgehead atoms. The van der Waals surface area contributed by atoms with Gasteiger partial charge in [0.05, 0.1) is 5.41 Å². The summed E-state index contributed by atoms with van der Waals surface area (Å²) in [7, 11) is 0. The van der Waals surface area contributed by atoms with E-state index in [0.717, 1.165) is 36.8 Å². The van der Waals surface area contributed by atoms with Crippen LogP contribution < -0.4 is 5.73 Å². The highest BCUT2D eigenvalue weighted by molar-refractivity contribution is 5.90. The Morgan fingerprint density at radius 3 is 1.56 bits per heavy atom. The minimum absolute atomic E-state index is 0.305. The highest BCUT2D eigenvalue weighted by atomic mass is 16.1. The number of hydrogen-bond acceptors (Lipinski definition) is 1. The van der Waals surface area contributed by atoms with E-state index in [2.05, 4.69) is 55.5 Å². The second-order valence-electron chi connectivity index (χ2n) is 8.63. The number of hydrogen-bond donors (Lipinski definition) is 1. The van der Waals surface area contributed by atoms with Gasteiger partial charge in [-0.3, -0.25) is 4.79 Å². The smallest absolute Gasteiger partial charge is 0.232 e. The van der Waals surface area contributed by atoms with Gasteiger partial charge in [-0.25, -0.2) is 0 Å². The highest BCUT2D eigenvalue weighted by Gasteiger charge is 2.39. The average molecular weight is 456 g/mol. The van der Waals surface area contributed by atoms with E-state index in [1.165, 1.54) is 25.7 Å². The van der Waals surface area contributed by atoms with Crippen LogP contribution in [0.15, 0.2) is 109 Å². The maximum absolute atomic E-state index is 12.8. The molecule has 34 heavy (non-hydrogen) atoms. The van der Waals surface area contributed by atoms with Crippen molar-refractivity contribution in [3.63, 3.8) is 0 Å². The summed E-state index contributed by atoms with van der Waals surface area (Å²) < 4.78 is 0. The number of carbonyl (C=O) groups is 1. The molecule has 2 N–H and O–H groups in total. The van der Waals surface area contributed by atoms with Crippen molar-refractivity contribution < 1.29 is 4.79 Å². The number of amides is 1. The Labute approximate surface area is 207 Å². The van der Waals surface area contributed by atoms with E-state index in [4.69, 9.17) is 5.73 Å². The van der Waals surface area contributed by atoms with Gasteiger partial charge in [-0.1, -0.05) is 129 Å². The van der Waals surface area contributed by atoms with Gasteiger partial charge in [0.2, 0.25) is 5.91 Å². The van der Waals surface area contributed by atoms with Crippen LogP contribution in [0.25, 0.3) is 0 Å². The zero-order valence-electron chi connectivity index (χ0n) is 20.7. The number of benzene rings is 2. The fourth-order valence-corrected chi connectivity index (χ4v) is 4.17. The van der Waals surface area contributed by atoms with E-state index in [1.807, 2.05) is 60.7 Å². The topological polar surface area (TPSA) is 43.1 Å². The fourth-order valence-electron chi connectivity index (χ4n) is 4.17. The summed E-state index contributed by atoms with van der Waals surface area (Å²) in [6.07, 6.45) is 27.1. The summed E-state index contributed by atoms with van der Waals surface area (Å²) in [5.41, 5.74) is 7.09. The molecule has 0 aliphatic heterocycles. The van der Waals surface area contributed by atoms with Gasteiger partial charge in [0.1, 0.15) is 0 Å². The first-order chi connectivity index (χ1) is 16.7. The van der Waals surface area contributed by atoms with Crippen LogP contribution >= 0.6 is 0 Å². The lowest BCUT2D eigenvalue weighted by Crippen LogP contribution is -2.42. The summed E-state index contributed by atoms with van der Waals surface area (Å²) in [5.74, 6) is -0.305. The number of unbranched alkanes of at least 4 members (excludes halogenated alkanes) is 3. The van der Waals surface area contributed by atoms with E-state index in [9.17, 15) is 4.79 Å². The maximum Gasteiger partial charge on any atom is 0.232 e. The van der Waals surface area contributed by atoms with Crippen molar-refractivity contribution in [3.8, 4) is 0 Å². The third kappa shape index (κ3) is 9.02. The highest BCUT2D eigenvalue weighted by Crippen LogP contribution is 2.36. The standard InChI is InChI=1S/C32H41NO/c1-2-3-4-5-6-7-8-9-10-11-12-13-14-15-16-23-28-32(31(33)34,29-24-19-17-20-25-29)30-26-21-18-22-27-30/h6-7,9-10,12-13,15-22,24-27H,2-5,8,11,14,23,28H2,1H3,(H2,33,34)/b7-6-,10-9-,13-12-,16-15-. The van der Waals surface area contributed by atoms with Gasteiger partial charge in [0.25, 0.3) is 0 Å².